The second kappa shape index (κ2) is 5.87. The maximum absolute atomic E-state index is 5.58. The van der Waals surface area contributed by atoms with E-state index in [0.29, 0.717) is 6.04 Å². The number of rotatable bonds is 5. The van der Waals surface area contributed by atoms with Gasteiger partial charge in [0.25, 0.3) is 0 Å². The van der Waals surface area contributed by atoms with Crippen LogP contribution in [0.1, 0.15) is 22.1 Å². The maximum atomic E-state index is 5.58. The molecular formula is C16H19NOS. The molecule has 0 saturated carbocycles. The lowest BCUT2D eigenvalue weighted by atomic mass is 10.1. The molecule has 100 valence electrons. The Morgan fingerprint density at radius 1 is 1.21 bits per heavy atom. The highest BCUT2D eigenvalue weighted by atomic mass is 32.1. The van der Waals surface area contributed by atoms with Crippen molar-refractivity contribution < 1.29 is 4.74 Å². The third kappa shape index (κ3) is 2.89. The van der Waals surface area contributed by atoms with Gasteiger partial charge in [-0.15, -0.1) is 11.3 Å². The minimum absolute atomic E-state index is 0.170. The van der Waals surface area contributed by atoms with Gasteiger partial charge in [0.05, 0.1) is 0 Å². The van der Waals surface area contributed by atoms with Crippen LogP contribution in [0.4, 0.5) is 0 Å². The van der Waals surface area contributed by atoms with Crippen LogP contribution in [0.5, 0.6) is 0 Å². The third-order valence-corrected chi connectivity index (χ3v) is 4.75. The highest BCUT2D eigenvalue weighted by molar-refractivity contribution is 7.10. The fourth-order valence-electron chi connectivity index (χ4n) is 2.75. The van der Waals surface area contributed by atoms with Gasteiger partial charge in [0.15, 0.2) is 0 Å². The Kier molecular flexibility index (Phi) is 3.97. The standard InChI is InChI=1S/C16H19NOS/c1-18-15(16-7-4-8-19-16)11-17-14-9-12-5-2-3-6-13(12)10-14/h2-8,14-15,17H,9-11H2,1H3. The van der Waals surface area contributed by atoms with Crippen LogP contribution in [0, 0.1) is 0 Å². The minimum Gasteiger partial charge on any atom is -0.375 e. The number of nitrogens with one attached hydrogen (secondary N) is 1. The van der Waals surface area contributed by atoms with E-state index < -0.39 is 0 Å². The normalized spacial score (nSPS) is 16.5. The van der Waals surface area contributed by atoms with Crippen LogP contribution in [0.2, 0.25) is 0 Å². The summed E-state index contributed by atoms with van der Waals surface area (Å²) in [5.74, 6) is 0. The van der Waals surface area contributed by atoms with Gasteiger partial charge in [0, 0.05) is 24.6 Å². The van der Waals surface area contributed by atoms with Crippen LogP contribution < -0.4 is 5.32 Å². The average Bonchev–Trinajstić information content (AvgIpc) is 3.08. The molecule has 1 heterocycles. The van der Waals surface area contributed by atoms with Crippen LogP contribution in [-0.2, 0) is 17.6 Å². The quantitative estimate of drug-likeness (QED) is 0.903. The summed E-state index contributed by atoms with van der Waals surface area (Å²) < 4.78 is 5.58. The number of hydrogen-bond donors (Lipinski definition) is 1. The number of thiophene rings is 1. The van der Waals surface area contributed by atoms with Crippen LogP contribution in [0.25, 0.3) is 0 Å². The second-order valence-electron chi connectivity index (χ2n) is 5.02. The van der Waals surface area contributed by atoms with Crippen molar-refractivity contribution in [1.82, 2.24) is 5.32 Å². The molecule has 0 spiro atoms. The van der Waals surface area contributed by atoms with Crippen molar-refractivity contribution in [2.45, 2.75) is 25.0 Å². The largest absolute Gasteiger partial charge is 0.375 e. The summed E-state index contributed by atoms with van der Waals surface area (Å²) in [6, 6.07) is 13.5. The van der Waals surface area contributed by atoms with E-state index in [-0.39, 0.29) is 6.10 Å². The van der Waals surface area contributed by atoms with Crippen molar-refractivity contribution in [3.63, 3.8) is 0 Å². The molecule has 0 aliphatic heterocycles. The molecule has 1 N–H and O–H groups in total. The van der Waals surface area contributed by atoms with E-state index in [9.17, 15) is 0 Å². The summed E-state index contributed by atoms with van der Waals surface area (Å²) in [5.41, 5.74) is 2.98. The number of benzene rings is 1. The Morgan fingerprint density at radius 3 is 2.53 bits per heavy atom. The van der Waals surface area contributed by atoms with Crippen molar-refractivity contribution in [1.29, 1.82) is 0 Å². The summed E-state index contributed by atoms with van der Waals surface area (Å²) in [4.78, 5) is 1.30. The first-order valence-electron chi connectivity index (χ1n) is 6.73. The fraction of sp³-hybridized carbons (Fsp3) is 0.375. The Balaban J connectivity index is 1.56. The average molecular weight is 273 g/mol. The molecule has 2 aromatic rings. The Labute approximate surface area is 118 Å². The molecule has 1 atom stereocenters. The molecule has 0 fully saturated rings. The molecule has 3 rings (SSSR count). The Hall–Kier alpha value is -1.16. The molecule has 1 aromatic carbocycles. The molecule has 1 unspecified atom stereocenters. The first-order valence-corrected chi connectivity index (χ1v) is 7.61. The summed E-state index contributed by atoms with van der Waals surface area (Å²) in [6.07, 6.45) is 2.44. The number of methoxy groups -OCH3 is 1. The summed E-state index contributed by atoms with van der Waals surface area (Å²) in [6.45, 7) is 0.885. The number of ether oxygens (including phenoxy) is 1. The van der Waals surface area contributed by atoms with E-state index in [0.717, 1.165) is 19.4 Å². The minimum atomic E-state index is 0.170. The number of fused-ring (bicyclic) bond motifs is 1. The molecule has 1 aliphatic carbocycles. The summed E-state index contributed by atoms with van der Waals surface area (Å²) in [7, 11) is 1.79. The van der Waals surface area contributed by atoms with E-state index in [4.69, 9.17) is 4.74 Å². The lowest BCUT2D eigenvalue weighted by molar-refractivity contribution is 0.102. The van der Waals surface area contributed by atoms with E-state index in [1.165, 1.54) is 16.0 Å². The zero-order valence-corrected chi connectivity index (χ0v) is 12.0. The van der Waals surface area contributed by atoms with E-state index in [1.54, 1.807) is 18.4 Å². The van der Waals surface area contributed by atoms with Gasteiger partial charge in [0.1, 0.15) is 6.10 Å². The van der Waals surface area contributed by atoms with E-state index in [2.05, 4.69) is 47.1 Å². The highest BCUT2D eigenvalue weighted by Gasteiger charge is 2.21. The van der Waals surface area contributed by atoms with Crippen LogP contribution >= 0.6 is 11.3 Å². The van der Waals surface area contributed by atoms with Gasteiger partial charge < -0.3 is 10.1 Å². The van der Waals surface area contributed by atoms with Gasteiger partial charge in [-0.25, -0.2) is 0 Å². The lowest BCUT2D eigenvalue weighted by Crippen LogP contribution is -2.33. The maximum Gasteiger partial charge on any atom is 0.104 e. The van der Waals surface area contributed by atoms with Gasteiger partial charge >= 0.3 is 0 Å². The zero-order chi connectivity index (χ0) is 13.1. The predicted molar refractivity (Wildman–Crippen MR) is 79.7 cm³/mol. The van der Waals surface area contributed by atoms with Crippen LogP contribution in [0.15, 0.2) is 41.8 Å². The molecule has 3 heteroatoms. The lowest BCUT2D eigenvalue weighted by Gasteiger charge is -2.18. The van der Waals surface area contributed by atoms with Crippen LogP contribution in [0.3, 0.4) is 0 Å². The third-order valence-electron chi connectivity index (χ3n) is 3.79. The molecule has 19 heavy (non-hydrogen) atoms. The molecule has 0 bridgehead atoms. The van der Waals surface area contributed by atoms with Gasteiger partial charge in [-0.1, -0.05) is 30.3 Å². The molecule has 1 aromatic heterocycles. The highest BCUT2D eigenvalue weighted by Crippen LogP contribution is 2.24. The molecule has 0 amide bonds. The monoisotopic (exact) mass is 273 g/mol. The van der Waals surface area contributed by atoms with E-state index in [1.807, 2.05) is 0 Å². The molecule has 2 nitrogen and oxygen atoms in total. The van der Waals surface area contributed by atoms with Gasteiger partial charge in [-0.05, 0) is 35.4 Å². The van der Waals surface area contributed by atoms with E-state index >= 15 is 0 Å². The summed E-state index contributed by atoms with van der Waals surface area (Å²) >= 11 is 1.76. The first kappa shape index (κ1) is 12.9. The molecule has 1 aliphatic rings. The Bertz CT molecular complexity index is 498. The molecule has 0 radical (unpaired) electrons. The van der Waals surface area contributed by atoms with Crippen molar-refractivity contribution in [3.05, 3.63) is 57.8 Å². The predicted octanol–water partition coefficient (Wildman–Crippen LogP) is 3.19. The SMILES string of the molecule is COC(CNC1Cc2ccccc2C1)c1cccs1. The molecule has 0 saturated heterocycles. The molecular weight excluding hydrogens is 254 g/mol. The Morgan fingerprint density at radius 2 is 1.95 bits per heavy atom. The van der Waals surface area contributed by atoms with Gasteiger partial charge in [-0.2, -0.15) is 0 Å². The topological polar surface area (TPSA) is 21.3 Å². The van der Waals surface area contributed by atoms with Crippen molar-refractivity contribution in [2.75, 3.05) is 13.7 Å². The van der Waals surface area contributed by atoms with Gasteiger partial charge in [0.2, 0.25) is 0 Å². The van der Waals surface area contributed by atoms with Crippen molar-refractivity contribution in [2.24, 2.45) is 0 Å². The first-order chi connectivity index (χ1) is 9.36. The van der Waals surface area contributed by atoms with Crippen molar-refractivity contribution in [3.8, 4) is 0 Å². The second-order valence-corrected chi connectivity index (χ2v) is 6.00. The zero-order valence-electron chi connectivity index (χ0n) is 11.1. The number of hydrogen-bond acceptors (Lipinski definition) is 3. The smallest absolute Gasteiger partial charge is 0.104 e. The van der Waals surface area contributed by atoms with Gasteiger partial charge in [-0.3, -0.25) is 0 Å². The fourth-order valence-corrected chi connectivity index (χ4v) is 3.55. The summed E-state index contributed by atoms with van der Waals surface area (Å²) in [5, 5.41) is 5.75. The van der Waals surface area contributed by atoms with Crippen molar-refractivity contribution >= 4 is 11.3 Å². The van der Waals surface area contributed by atoms with Crippen LogP contribution in [-0.4, -0.2) is 19.7 Å².